The van der Waals surface area contributed by atoms with E-state index in [1.54, 1.807) is 0 Å². The zero-order valence-corrected chi connectivity index (χ0v) is 9.59. The Labute approximate surface area is 92.0 Å². The second-order valence-corrected chi connectivity index (χ2v) is 4.31. The largest absolute Gasteiger partial charge is 0.338 e. The quantitative estimate of drug-likeness (QED) is 0.617. The van der Waals surface area contributed by atoms with Crippen molar-refractivity contribution in [2.45, 2.75) is 57.5 Å². The summed E-state index contributed by atoms with van der Waals surface area (Å²) in [7, 11) is 0. The van der Waals surface area contributed by atoms with Gasteiger partial charge < -0.3 is 16.4 Å². The van der Waals surface area contributed by atoms with Crippen LogP contribution in [-0.4, -0.2) is 24.7 Å². The molecule has 1 rings (SSSR count). The highest BCUT2D eigenvalue weighted by Gasteiger charge is 2.22. The summed E-state index contributed by atoms with van der Waals surface area (Å²) >= 11 is 0. The van der Waals surface area contributed by atoms with Gasteiger partial charge in [0.25, 0.3) is 0 Å². The molecule has 15 heavy (non-hydrogen) atoms. The fourth-order valence-electron chi connectivity index (χ4n) is 1.94. The summed E-state index contributed by atoms with van der Waals surface area (Å²) in [4.78, 5) is 11.5. The lowest BCUT2D eigenvalue weighted by Gasteiger charge is -2.29. The highest BCUT2D eigenvalue weighted by molar-refractivity contribution is 5.74. The van der Waals surface area contributed by atoms with Crippen LogP contribution in [0.2, 0.25) is 0 Å². The average Bonchev–Trinajstić information content (AvgIpc) is 2.22. The molecular weight excluding hydrogens is 190 g/mol. The van der Waals surface area contributed by atoms with Crippen molar-refractivity contribution < 1.29 is 4.79 Å². The number of unbranched alkanes of at least 4 members (excludes halogenated alkanes) is 1. The van der Waals surface area contributed by atoms with E-state index in [4.69, 9.17) is 5.73 Å². The number of hydrogen-bond donors (Lipinski definition) is 3. The van der Waals surface area contributed by atoms with Crippen molar-refractivity contribution in [1.29, 1.82) is 0 Å². The highest BCUT2D eigenvalue weighted by Crippen LogP contribution is 2.16. The summed E-state index contributed by atoms with van der Waals surface area (Å²) in [6.07, 6.45) is 6.54. The molecule has 0 aromatic rings. The van der Waals surface area contributed by atoms with Crippen molar-refractivity contribution in [3.63, 3.8) is 0 Å². The summed E-state index contributed by atoms with van der Waals surface area (Å²) < 4.78 is 0. The maximum atomic E-state index is 11.5. The van der Waals surface area contributed by atoms with Crippen LogP contribution in [0.1, 0.15) is 45.4 Å². The first-order valence-corrected chi connectivity index (χ1v) is 6.04. The SMILES string of the molecule is CCCCNC(=O)NC1CCCCC1N. The molecule has 1 saturated carbocycles. The van der Waals surface area contributed by atoms with Crippen molar-refractivity contribution >= 4 is 6.03 Å². The Balaban J connectivity index is 2.18. The minimum atomic E-state index is -0.0641. The maximum Gasteiger partial charge on any atom is 0.315 e. The van der Waals surface area contributed by atoms with Gasteiger partial charge in [0.1, 0.15) is 0 Å². The van der Waals surface area contributed by atoms with Crippen LogP contribution in [0.4, 0.5) is 4.79 Å². The highest BCUT2D eigenvalue weighted by atomic mass is 16.2. The lowest BCUT2D eigenvalue weighted by molar-refractivity contribution is 0.229. The molecule has 0 radical (unpaired) electrons. The predicted molar refractivity (Wildman–Crippen MR) is 61.7 cm³/mol. The lowest BCUT2D eigenvalue weighted by atomic mass is 9.91. The zero-order valence-electron chi connectivity index (χ0n) is 9.59. The van der Waals surface area contributed by atoms with Crippen molar-refractivity contribution in [3.05, 3.63) is 0 Å². The van der Waals surface area contributed by atoms with Gasteiger partial charge in [0.15, 0.2) is 0 Å². The Morgan fingerprint density at radius 3 is 2.80 bits per heavy atom. The number of nitrogens with two attached hydrogens (primary N) is 1. The molecular formula is C11H23N3O. The molecule has 2 unspecified atom stereocenters. The van der Waals surface area contributed by atoms with E-state index in [0.29, 0.717) is 0 Å². The summed E-state index contributed by atoms with van der Waals surface area (Å²) in [5, 5.41) is 5.80. The molecule has 0 saturated heterocycles. The van der Waals surface area contributed by atoms with Gasteiger partial charge in [0, 0.05) is 18.6 Å². The molecule has 2 atom stereocenters. The van der Waals surface area contributed by atoms with E-state index in [2.05, 4.69) is 17.6 Å². The summed E-state index contributed by atoms with van der Waals surface area (Å²) in [6.45, 7) is 2.86. The third-order valence-corrected chi connectivity index (χ3v) is 2.95. The summed E-state index contributed by atoms with van der Waals surface area (Å²) in [6, 6.07) is 0.238. The van der Waals surface area contributed by atoms with E-state index in [-0.39, 0.29) is 18.1 Å². The van der Waals surface area contributed by atoms with E-state index < -0.39 is 0 Å². The minimum absolute atomic E-state index is 0.0641. The van der Waals surface area contributed by atoms with Crippen molar-refractivity contribution in [3.8, 4) is 0 Å². The zero-order chi connectivity index (χ0) is 11.1. The summed E-state index contributed by atoms with van der Waals surface area (Å²) in [5.41, 5.74) is 5.94. The molecule has 1 fully saturated rings. The molecule has 4 heteroatoms. The van der Waals surface area contributed by atoms with Gasteiger partial charge in [0.2, 0.25) is 0 Å². The first kappa shape index (κ1) is 12.3. The van der Waals surface area contributed by atoms with Crippen LogP contribution in [0, 0.1) is 0 Å². The van der Waals surface area contributed by atoms with E-state index in [1.165, 1.54) is 12.8 Å². The molecule has 2 amide bonds. The van der Waals surface area contributed by atoms with Crippen LogP contribution >= 0.6 is 0 Å². The molecule has 88 valence electrons. The molecule has 4 N–H and O–H groups in total. The van der Waals surface area contributed by atoms with Gasteiger partial charge in [-0.1, -0.05) is 26.2 Å². The topological polar surface area (TPSA) is 67.2 Å². The molecule has 1 aliphatic carbocycles. The second-order valence-electron chi connectivity index (χ2n) is 4.31. The van der Waals surface area contributed by atoms with E-state index in [0.717, 1.165) is 32.2 Å². The van der Waals surface area contributed by atoms with Gasteiger partial charge in [-0.05, 0) is 19.3 Å². The fourth-order valence-corrected chi connectivity index (χ4v) is 1.94. The van der Waals surface area contributed by atoms with E-state index in [9.17, 15) is 4.79 Å². The van der Waals surface area contributed by atoms with Gasteiger partial charge in [0.05, 0.1) is 0 Å². The Bertz CT molecular complexity index is 196. The molecule has 0 aliphatic heterocycles. The standard InChI is InChI=1S/C11H23N3O/c1-2-3-8-13-11(15)14-10-7-5-4-6-9(10)12/h9-10H,2-8,12H2,1H3,(H2,13,14,15). The van der Waals surface area contributed by atoms with Crippen LogP contribution in [-0.2, 0) is 0 Å². The Morgan fingerprint density at radius 1 is 1.40 bits per heavy atom. The van der Waals surface area contributed by atoms with E-state index in [1.807, 2.05) is 0 Å². The number of urea groups is 1. The monoisotopic (exact) mass is 213 g/mol. The van der Waals surface area contributed by atoms with Crippen LogP contribution in [0.15, 0.2) is 0 Å². The Hall–Kier alpha value is -0.770. The molecule has 1 aliphatic rings. The van der Waals surface area contributed by atoms with Crippen LogP contribution in [0.25, 0.3) is 0 Å². The third-order valence-electron chi connectivity index (χ3n) is 2.95. The lowest BCUT2D eigenvalue weighted by Crippen LogP contribution is -2.52. The van der Waals surface area contributed by atoms with Gasteiger partial charge in [-0.2, -0.15) is 0 Å². The normalized spacial score (nSPS) is 26.0. The Kier molecular flexibility index (Phi) is 5.47. The van der Waals surface area contributed by atoms with Gasteiger partial charge in [-0.25, -0.2) is 4.79 Å². The smallest absolute Gasteiger partial charge is 0.315 e. The van der Waals surface area contributed by atoms with Gasteiger partial charge in [-0.3, -0.25) is 0 Å². The number of hydrogen-bond acceptors (Lipinski definition) is 2. The Morgan fingerprint density at radius 2 is 2.13 bits per heavy atom. The second kappa shape index (κ2) is 6.67. The summed E-state index contributed by atoms with van der Waals surface area (Å²) in [5.74, 6) is 0. The first-order chi connectivity index (χ1) is 7.24. The fraction of sp³-hybridized carbons (Fsp3) is 0.909. The third kappa shape index (κ3) is 4.51. The maximum absolute atomic E-state index is 11.5. The van der Waals surface area contributed by atoms with Gasteiger partial charge in [-0.15, -0.1) is 0 Å². The average molecular weight is 213 g/mol. The molecule has 0 aromatic heterocycles. The molecule has 0 heterocycles. The minimum Gasteiger partial charge on any atom is -0.338 e. The van der Waals surface area contributed by atoms with Crippen LogP contribution in [0.5, 0.6) is 0 Å². The van der Waals surface area contributed by atoms with Crippen LogP contribution < -0.4 is 16.4 Å². The molecule has 4 nitrogen and oxygen atoms in total. The first-order valence-electron chi connectivity index (χ1n) is 6.04. The van der Waals surface area contributed by atoms with Crippen molar-refractivity contribution in [2.24, 2.45) is 5.73 Å². The number of carbonyl (C=O) groups is 1. The number of nitrogens with one attached hydrogen (secondary N) is 2. The molecule has 0 spiro atoms. The van der Waals surface area contributed by atoms with E-state index >= 15 is 0 Å². The van der Waals surface area contributed by atoms with Gasteiger partial charge >= 0.3 is 6.03 Å². The van der Waals surface area contributed by atoms with Crippen LogP contribution in [0.3, 0.4) is 0 Å². The number of carbonyl (C=O) groups excluding carboxylic acids is 1. The molecule has 0 aromatic carbocycles. The predicted octanol–water partition coefficient (Wildman–Crippen LogP) is 1.36. The number of amides is 2. The van der Waals surface area contributed by atoms with Crippen molar-refractivity contribution in [2.75, 3.05) is 6.54 Å². The molecule has 0 bridgehead atoms. The number of rotatable bonds is 4. The van der Waals surface area contributed by atoms with Crippen molar-refractivity contribution in [1.82, 2.24) is 10.6 Å².